The van der Waals surface area contributed by atoms with Crippen molar-refractivity contribution in [3.05, 3.63) is 47.3 Å². The first-order valence-electron chi connectivity index (χ1n) is 8.71. The lowest BCUT2D eigenvalue weighted by molar-refractivity contribution is -0.126. The van der Waals surface area contributed by atoms with E-state index < -0.39 is 22.6 Å². The van der Waals surface area contributed by atoms with Gasteiger partial charge in [0.25, 0.3) is 10.0 Å². The number of benzene rings is 1. The van der Waals surface area contributed by atoms with Crippen molar-refractivity contribution in [3.63, 3.8) is 0 Å². The van der Waals surface area contributed by atoms with Gasteiger partial charge in [0.2, 0.25) is 5.91 Å². The lowest BCUT2D eigenvalue weighted by atomic mass is 9.99. The minimum Gasteiger partial charge on any atom is -0.435 e. The van der Waals surface area contributed by atoms with Crippen molar-refractivity contribution in [2.24, 2.45) is 5.92 Å². The van der Waals surface area contributed by atoms with Crippen LogP contribution in [0, 0.1) is 5.92 Å². The molecule has 152 valence electrons. The van der Waals surface area contributed by atoms with Gasteiger partial charge in [-0.15, -0.1) is 11.3 Å². The number of alkyl halides is 2. The highest BCUT2D eigenvalue weighted by Crippen LogP contribution is 2.26. The van der Waals surface area contributed by atoms with Crippen LogP contribution in [0.25, 0.3) is 0 Å². The fourth-order valence-corrected chi connectivity index (χ4v) is 5.70. The summed E-state index contributed by atoms with van der Waals surface area (Å²) in [7, 11) is -3.57. The summed E-state index contributed by atoms with van der Waals surface area (Å²) in [5.41, 5.74) is 0.730. The second kappa shape index (κ2) is 8.97. The molecule has 3 rings (SSSR count). The molecule has 1 atom stereocenters. The molecule has 1 aromatic carbocycles. The average Bonchev–Trinajstić information content (AvgIpc) is 3.22. The molecule has 10 heteroatoms. The number of nitrogens with zero attached hydrogens (tertiary/aromatic N) is 1. The lowest BCUT2D eigenvalue weighted by Gasteiger charge is -2.30. The van der Waals surface area contributed by atoms with Gasteiger partial charge in [-0.3, -0.25) is 4.79 Å². The van der Waals surface area contributed by atoms with Gasteiger partial charge in [0.05, 0.1) is 5.92 Å². The van der Waals surface area contributed by atoms with Gasteiger partial charge in [0, 0.05) is 19.6 Å². The van der Waals surface area contributed by atoms with Crippen molar-refractivity contribution >= 4 is 27.3 Å². The number of ether oxygens (including phenoxy) is 1. The van der Waals surface area contributed by atoms with E-state index >= 15 is 0 Å². The van der Waals surface area contributed by atoms with Gasteiger partial charge in [-0.25, -0.2) is 8.42 Å². The SMILES string of the molecule is O=C(NCc1ccc(OC(F)F)cc1)C1CCCN(S(=O)(=O)c2cccs2)C1. The van der Waals surface area contributed by atoms with Gasteiger partial charge in [-0.05, 0) is 42.0 Å². The minimum absolute atomic E-state index is 0.0479. The van der Waals surface area contributed by atoms with E-state index in [2.05, 4.69) is 10.1 Å². The Balaban J connectivity index is 1.56. The second-order valence-electron chi connectivity index (χ2n) is 6.37. The maximum Gasteiger partial charge on any atom is 0.387 e. The Labute approximate surface area is 166 Å². The molecule has 1 unspecified atom stereocenters. The Kier molecular flexibility index (Phi) is 6.63. The number of amides is 1. The molecule has 0 spiro atoms. The number of thiophene rings is 1. The Morgan fingerprint density at radius 3 is 2.68 bits per heavy atom. The maximum atomic E-state index is 12.6. The van der Waals surface area contributed by atoms with Crippen molar-refractivity contribution in [2.75, 3.05) is 13.1 Å². The molecule has 0 bridgehead atoms. The third-order valence-corrected chi connectivity index (χ3v) is 7.70. The maximum absolute atomic E-state index is 12.6. The minimum atomic E-state index is -3.57. The van der Waals surface area contributed by atoms with Crippen LogP contribution in [-0.2, 0) is 21.4 Å². The van der Waals surface area contributed by atoms with E-state index in [0.29, 0.717) is 19.4 Å². The normalized spacial score (nSPS) is 18.2. The standard InChI is InChI=1S/C18H20F2N2O4S2/c19-18(20)26-15-7-5-13(6-8-15)11-21-17(23)14-3-1-9-22(12-14)28(24,25)16-4-2-10-27-16/h2,4-8,10,14,18H,1,3,9,11-12H2,(H,21,23). The van der Waals surface area contributed by atoms with E-state index in [1.807, 2.05) is 0 Å². The largest absolute Gasteiger partial charge is 0.435 e. The summed E-state index contributed by atoms with van der Waals surface area (Å²) < 4.78 is 55.5. The van der Waals surface area contributed by atoms with Crippen LogP contribution >= 0.6 is 11.3 Å². The van der Waals surface area contributed by atoms with E-state index in [1.54, 1.807) is 29.6 Å². The van der Waals surface area contributed by atoms with Crippen LogP contribution in [0.5, 0.6) is 5.75 Å². The molecule has 0 saturated carbocycles. The molecular weight excluding hydrogens is 410 g/mol. The van der Waals surface area contributed by atoms with Crippen molar-refractivity contribution in [1.29, 1.82) is 0 Å². The molecule has 2 heterocycles. The van der Waals surface area contributed by atoms with Crippen LogP contribution in [-0.4, -0.2) is 38.3 Å². The second-order valence-corrected chi connectivity index (χ2v) is 9.49. The van der Waals surface area contributed by atoms with Gasteiger partial charge in [-0.1, -0.05) is 18.2 Å². The predicted molar refractivity (Wildman–Crippen MR) is 101 cm³/mol. The first-order valence-corrected chi connectivity index (χ1v) is 11.0. The highest BCUT2D eigenvalue weighted by molar-refractivity contribution is 7.91. The fourth-order valence-electron chi connectivity index (χ4n) is 3.03. The molecule has 28 heavy (non-hydrogen) atoms. The summed E-state index contributed by atoms with van der Waals surface area (Å²) in [5, 5.41) is 4.50. The van der Waals surface area contributed by atoms with Crippen LogP contribution in [0.2, 0.25) is 0 Å². The van der Waals surface area contributed by atoms with Gasteiger partial charge < -0.3 is 10.1 Å². The Hall–Kier alpha value is -2.04. The van der Waals surface area contributed by atoms with Gasteiger partial charge in [0.15, 0.2) is 0 Å². The summed E-state index contributed by atoms with van der Waals surface area (Å²) >= 11 is 1.16. The van der Waals surface area contributed by atoms with Gasteiger partial charge in [0.1, 0.15) is 9.96 Å². The van der Waals surface area contributed by atoms with Gasteiger partial charge in [-0.2, -0.15) is 13.1 Å². The van der Waals surface area contributed by atoms with Crippen molar-refractivity contribution in [1.82, 2.24) is 9.62 Å². The molecular formula is C18H20F2N2O4S2. The summed E-state index contributed by atoms with van der Waals surface area (Å²) in [5.74, 6) is -0.601. The van der Waals surface area contributed by atoms with E-state index in [0.717, 1.165) is 16.9 Å². The third kappa shape index (κ3) is 5.06. The van der Waals surface area contributed by atoms with Crippen LogP contribution in [0.1, 0.15) is 18.4 Å². The van der Waals surface area contributed by atoms with E-state index in [4.69, 9.17) is 0 Å². The third-order valence-electron chi connectivity index (χ3n) is 4.46. The van der Waals surface area contributed by atoms with Crippen molar-refractivity contribution in [2.45, 2.75) is 30.2 Å². The topological polar surface area (TPSA) is 75.7 Å². The van der Waals surface area contributed by atoms with E-state index in [9.17, 15) is 22.0 Å². The summed E-state index contributed by atoms with van der Waals surface area (Å²) in [4.78, 5) is 12.5. The number of piperidine rings is 1. The average molecular weight is 430 g/mol. The number of carbonyl (C=O) groups excluding carboxylic acids is 1. The molecule has 1 N–H and O–H groups in total. The summed E-state index contributed by atoms with van der Waals surface area (Å²) in [6, 6.07) is 9.24. The smallest absolute Gasteiger partial charge is 0.387 e. The highest BCUT2D eigenvalue weighted by atomic mass is 32.2. The van der Waals surface area contributed by atoms with Crippen molar-refractivity contribution < 1.29 is 26.7 Å². The van der Waals surface area contributed by atoms with E-state index in [1.165, 1.54) is 16.4 Å². The number of hydrogen-bond acceptors (Lipinski definition) is 5. The van der Waals surface area contributed by atoms with Crippen LogP contribution in [0.3, 0.4) is 0 Å². The van der Waals surface area contributed by atoms with E-state index in [-0.39, 0.29) is 29.0 Å². The Morgan fingerprint density at radius 1 is 1.29 bits per heavy atom. The zero-order chi connectivity index (χ0) is 20.1. The van der Waals surface area contributed by atoms with Gasteiger partial charge >= 0.3 is 6.61 Å². The fraction of sp³-hybridized carbons (Fsp3) is 0.389. The molecule has 1 saturated heterocycles. The number of hydrogen-bond donors (Lipinski definition) is 1. The monoisotopic (exact) mass is 430 g/mol. The van der Waals surface area contributed by atoms with Crippen molar-refractivity contribution in [3.8, 4) is 5.75 Å². The zero-order valence-corrected chi connectivity index (χ0v) is 16.5. The number of rotatable bonds is 7. The Bertz CT molecular complexity index is 887. The van der Waals surface area contributed by atoms with Crippen LogP contribution < -0.4 is 10.1 Å². The molecule has 2 aromatic rings. The number of sulfonamides is 1. The number of halogens is 2. The molecule has 1 aromatic heterocycles. The quantitative estimate of drug-likeness (QED) is 0.733. The lowest BCUT2D eigenvalue weighted by Crippen LogP contribution is -2.45. The number of carbonyl (C=O) groups is 1. The highest BCUT2D eigenvalue weighted by Gasteiger charge is 2.33. The molecule has 1 amide bonds. The molecule has 0 radical (unpaired) electrons. The molecule has 1 aliphatic rings. The van der Waals surface area contributed by atoms with Crippen LogP contribution in [0.4, 0.5) is 8.78 Å². The zero-order valence-electron chi connectivity index (χ0n) is 14.9. The summed E-state index contributed by atoms with van der Waals surface area (Å²) in [6.45, 7) is -2.12. The molecule has 1 aliphatic heterocycles. The molecule has 1 fully saturated rings. The molecule has 6 nitrogen and oxygen atoms in total. The first kappa shape index (κ1) is 20.7. The first-order chi connectivity index (χ1) is 13.4. The number of nitrogens with one attached hydrogen (secondary N) is 1. The Morgan fingerprint density at radius 2 is 2.04 bits per heavy atom. The van der Waals surface area contributed by atoms with Crippen LogP contribution in [0.15, 0.2) is 46.0 Å². The predicted octanol–water partition coefficient (Wildman–Crippen LogP) is 3.07. The molecule has 0 aliphatic carbocycles. The summed E-state index contributed by atoms with van der Waals surface area (Å²) in [6.07, 6.45) is 1.23.